The van der Waals surface area contributed by atoms with Crippen molar-refractivity contribution < 1.29 is 0 Å². The van der Waals surface area contributed by atoms with Crippen LogP contribution in [0.15, 0.2) is 0 Å². The molecule has 0 amide bonds. The summed E-state index contributed by atoms with van der Waals surface area (Å²) in [4.78, 5) is 0. The molecule has 0 heterocycles. The van der Waals surface area contributed by atoms with E-state index in [1.165, 1.54) is 0 Å². The van der Waals surface area contributed by atoms with Crippen LogP contribution >= 0.6 is 0 Å². The molecule has 68 valence electrons. The zero-order valence-electron chi connectivity index (χ0n) is 7.34. The maximum atomic E-state index is 5.65. The second kappa shape index (κ2) is 7.94. The average molecular weight is 160 g/mol. The summed E-state index contributed by atoms with van der Waals surface area (Å²) in [5.74, 6) is 10.8. The van der Waals surface area contributed by atoms with Crippen molar-refractivity contribution in [2.75, 3.05) is 19.6 Å². The molecule has 4 nitrogen and oxygen atoms in total. The SMILES string of the molecule is CCCN(N)CCCCNN. The lowest BCUT2D eigenvalue weighted by Gasteiger charge is -2.14. The number of nitrogens with two attached hydrogens (primary N) is 2. The third-order valence-corrected chi connectivity index (χ3v) is 1.53. The lowest BCUT2D eigenvalue weighted by molar-refractivity contribution is 0.277. The fourth-order valence-corrected chi connectivity index (χ4v) is 0.941. The molecule has 0 atom stereocenters. The van der Waals surface area contributed by atoms with Gasteiger partial charge in [0.15, 0.2) is 0 Å². The molecule has 0 aromatic rings. The van der Waals surface area contributed by atoms with Gasteiger partial charge in [0, 0.05) is 19.6 Å². The van der Waals surface area contributed by atoms with Crippen molar-refractivity contribution in [2.24, 2.45) is 11.7 Å². The molecular weight excluding hydrogens is 140 g/mol. The molecule has 0 aliphatic rings. The second-order valence-corrected chi connectivity index (χ2v) is 2.70. The van der Waals surface area contributed by atoms with Crippen LogP contribution < -0.4 is 17.1 Å². The molecule has 0 fully saturated rings. The summed E-state index contributed by atoms with van der Waals surface area (Å²) < 4.78 is 0. The van der Waals surface area contributed by atoms with Gasteiger partial charge in [-0.05, 0) is 19.3 Å². The molecule has 0 aromatic carbocycles. The van der Waals surface area contributed by atoms with Gasteiger partial charge in [0.2, 0.25) is 0 Å². The summed E-state index contributed by atoms with van der Waals surface area (Å²) in [5, 5.41) is 1.86. The van der Waals surface area contributed by atoms with Gasteiger partial charge >= 0.3 is 0 Å². The highest BCUT2D eigenvalue weighted by molar-refractivity contribution is 4.49. The van der Waals surface area contributed by atoms with Crippen molar-refractivity contribution in [1.29, 1.82) is 0 Å². The highest BCUT2D eigenvalue weighted by Gasteiger charge is 1.94. The maximum absolute atomic E-state index is 5.65. The Labute approximate surface area is 68.9 Å². The fourth-order valence-electron chi connectivity index (χ4n) is 0.941. The van der Waals surface area contributed by atoms with Gasteiger partial charge in [-0.3, -0.25) is 17.1 Å². The summed E-state index contributed by atoms with van der Waals surface area (Å²) in [6.45, 7) is 4.95. The molecule has 0 saturated heterocycles. The predicted octanol–water partition coefficient (Wildman–Crippen LogP) is -0.184. The van der Waals surface area contributed by atoms with Gasteiger partial charge in [0.1, 0.15) is 0 Å². The van der Waals surface area contributed by atoms with Crippen molar-refractivity contribution in [2.45, 2.75) is 26.2 Å². The Hall–Kier alpha value is -0.160. The minimum absolute atomic E-state index is 0.875. The predicted molar refractivity (Wildman–Crippen MR) is 47.5 cm³/mol. The number of hydrogen-bond donors (Lipinski definition) is 3. The van der Waals surface area contributed by atoms with Gasteiger partial charge in [0.25, 0.3) is 0 Å². The van der Waals surface area contributed by atoms with Crippen molar-refractivity contribution in [3.63, 3.8) is 0 Å². The number of hydrazine groups is 2. The van der Waals surface area contributed by atoms with E-state index >= 15 is 0 Å². The first-order valence-electron chi connectivity index (χ1n) is 4.24. The summed E-state index contributed by atoms with van der Waals surface area (Å²) in [6.07, 6.45) is 3.32. The normalized spacial score (nSPS) is 10.9. The minimum Gasteiger partial charge on any atom is -0.271 e. The van der Waals surface area contributed by atoms with Crippen LogP contribution in [0.3, 0.4) is 0 Å². The van der Waals surface area contributed by atoms with E-state index in [9.17, 15) is 0 Å². The maximum Gasteiger partial charge on any atom is 0.0129 e. The molecule has 0 aromatic heterocycles. The van der Waals surface area contributed by atoms with E-state index in [0.29, 0.717) is 0 Å². The Balaban J connectivity index is 2.97. The van der Waals surface area contributed by atoms with E-state index in [1.54, 1.807) is 0 Å². The molecule has 0 spiro atoms. The molecule has 0 unspecified atom stereocenters. The van der Waals surface area contributed by atoms with Crippen molar-refractivity contribution in [1.82, 2.24) is 10.4 Å². The van der Waals surface area contributed by atoms with Crippen LogP contribution in [0.1, 0.15) is 26.2 Å². The van der Waals surface area contributed by atoms with Gasteiger partial charge in [-0.2, -0.15) is 0 Å². The number of hydrogen-bond acceptors (Lipinski definition) is 4. The van der Waals surface area contributed by atoms with Crippen LogP contribution in [-0.4, -0.2) is 24.6 Å². The standard InChI is InChI=1S/C7H20N4/c1-2-6-11(9)7-4-3-5-10-8/h10H,2-9H2,1H3. The molecule has 0 rings (SSSR count). The van der Waals surface area contributed by atoms with Crippen LogP contribution in [-0.2, 0) is 0 Å². The molecule has 0 saturated carbocycles. The quantitative estimate of drug-likeness (QED) is 0.274. The lowest BCUT2D eigenvalue weighted by Crippen LogP contribution is -2.33. The summed E-state index contributed by atoms with van der Waals surface area (Å²) in [6, 6.07) is 0. The monoisotopic (exact) mass is 160 g/mol. The minimum atomic E-state index is 0.875. The number of rotatable bonds is 7. The van der Waals surface area contributed by atoms with Gasteiger partial charge < -0.3 is 0 Å². The molecule has 4 heteroatoms. The first-order valence-corrected chi connectivity index (χ1v) is 4.24. The largest absolute Gasteiger partial charge is 0.271 e. The van der Waals surface area contributed by atoms with Crippen LogP contribution in [0.25, 0.3) is 0 Å². The van der Waals surface area contributed by atoms with Gasteiger partial charge in [0.05, 0.1) is 0 Å². The van der Waals surface area contributed by atoms with E-state index in [0.717, 1.165) is 38.9 Å². The highest BCUT2D eigenvalue weighted by Crippen LogP contribution is 1.90. The first-order chi connectivity index (χ1) is 5.31. The molecule has 5 N–H and O–H groups in total. The third-order valence-electron chi connectivity index (χ3n) is 1.53. The van der Waals surface area contributed by atoms with Gasteiger partial charge in [-0.1, -0.05) is 6.92 Å². The van der Waals surface area contributed by atoms with Gasteiger partial charge in [-0.15, -0.1) is 0 Å². The van der Waals surface area contributed by atoms with E-state index in [1.807, 2.05) is 5.01 Å². The lowest BCUT2D eigenvalue weighted by atomic mass is 10.3. The highest BCUT2D eigenvalue weighted by atomic mass is 15.4. The summed E-state index contributed by atoms with van der Waals surface area (Å²) in [7, 11) is 0. The Morgan fingerprint density at radius 2 is 2.00 bits per heavy atom. The first kappa shape index (κ1) is 10.8. The van der Waals surface area contributed by atoms with E-state index in [2.05, 4.69) is 12.3 Å². The van der Waals surface area contributed by atoms with E-state index < -0.39 is 0 Å². The smallest absolute Gasteiger partial charge is 0.0129 e. The number of nitrogens with zero attached hydrogens (tertiary/aromatic N) is 1. The van der Waals surface area contributed by atoms with Crippen LogP contribution in [0.2, 0.25) is 0 Å². The topological polar surface area (TPSA) is 67.3 Å². The Morgan fingerprint density at radius 3 is 2.55 bits per heavy atom. The molecule has 0 aliphatic heterocycles. The molecule has 0 radical (unpaired) electrons. The van der Waals surface area contributed by atoms with Gasteiger partial charge in [-0.25, -0.2) is 5.01 Å². The van der Waals surface area contributed by atoms with Crippen molar-refractivity contribution in [3.8, 4) is 0 Å². The zero-order chi connectivity index (χ0) is 8.53. The number of nitrogens with one attached hydrogen (secondary N) is 1. The fraction of sp³-hybridized carbons (Fsp3) is 1.00. The third kappa shape index (κ3) is 7.74. The zero-order valence-corrected chi connectivity index (χ0v) is 7.34. The van der Waals surface area contributed by atoms with Crippen molar-refractivity contribution in [3.05, 3.63) is 0 Å². The summed E-state index contributed by atoms with van der Waals surface area (Å²) in [5.41, 5.74) is 2.61. The molecule has 0 bridgehead atoms. The summed E-state index contributed by atoms with van der Waals surface area (Å²) >= 11 is 0. The number of unbranched alkanes of at least 4 members (excludes halogenated alkanes) is 1. The van der Waals surface area contributed by atoms with Crippen molar-refractivity contribution >= 4 is 0 Å². The van der Waals surface area contributed by atoms with E-state index in [4.69, 9.17) is 11.7 Å². The van der Waals surface area contributed by atoms with Crippen LogP contribution in [0, 0.1) is 0 Å². The average Bonchev–Trinajstić information content (AvgIpc) is 1.99. The van der Waals surface area contributed by atoms with Crippen LogP contribution in [0.5, 0.6) is 0 Å². The Kier molecular flexibility index (Phi) is 7.83. The Bertz CT molecular complexity index is 76.8. The molecular formula is C7H20N4. The molecule has 11 heavy (non-hydrogen) atoms. The Morgan fingerprint density at radius 1 is 1.27 bits per heavy atom. The molecule has 0 aliphatic carbocycles. The van der Waals surface area contributed by atoms with E-state index in [-0.39, 0.29) is 0 Å². The van der Waals surface area contributed by atoms with Crippen LogP contribution in [0.4, 0.5) is 0 Å². The second-order valence-electron chi connectivity index (χ2n) is 2.70.